The van der Waals surface area contributed by atoms with E-state index in [2.05, 4.69) is 15.2 Å². The molecule has 1 unspecified atom stereocenters. The second kappa shape index (κ2) is 8.86. The van der Waals surface area contributed by atoms with Crippen molar-refractivity contribution in [1.29, 1.82) is 0 Å². The van der Waals surface area contributed by atoms with Crippen molar-refractivity contribution in [3.63, 3.8) is 0 Å². The third kappa shape index (κ3) is 4.43. The summed E-state index contributed by atoms with van der Waals surface area (Å²) in [7, 11) is 0. The van der Waals surface area contributed by atoms with Crippen LogP contribution in [0.2, 0.25) is 0 Å². The first-order valence-electron chi connectivity index (χ1n) is 11.7. The fourth-order valence-electron chi connectivity index (χ4n) is 4.80. The number of carbonyl (C=O) groups excluding carboxylic acids is 1. The predicted molar refractivity (Wildman–Crippen MR) is 131 cm³/mol. The first-order chi connectivity index (χ1) is 18.6. The Hall–Kier alpha value is -4.87. The van der Waals surface area contributed by atoms with Crippen molar-refractivity contribution in [3.8, 4) is 22.8 Å². The molecule has 1 amide bonds. The van der Waals surface area contributed by atoms with Gasteiger partial charge in [-0.25, -0.2) is 22.4 Å². The molecule has 5 aromatic rings. The molecule has 1 atom stereocenters. The smallest absolute Gasteiger partial charge is 0.417 e. The topological polar surface area (TPSA) is 104 Å². The van der Waals surface area contributed by atoms with Crippen molar-refractivity contribution >= 4 is 17.0 Å². The van der Waals surface area contributed by atoms with E-state index in [1.54, 1.807) is 24.3 Å². The summed E-state index contributed by atoms with van der Waals surface area (Å²) in [5, 5.41) is 6.79. The minimum absolute atomic E-state index is 0.00503. The molecule has 39 heavy (non-hydrogen) atoms. The number of aromatic amines is 2. The van der Waals surface area contributed by atoms with E-state index in [9.17, 15) is 27.2 Å². The summed E-state index contributed by atoms with van der Waals surface area (Å²) in [4.78, 5) is 28.6. The molecule has 12 heteroatoms. The second-order valence-corrected chi connectivity index (χ2v) is 9.24. The van der Waals surface area contributed by atoms with Crippen LogP contribution in [0.4, 0.5) is 17.6 Å². The molecule has 2 aromatic heterocycles. The van der Waals surface area contributed by atoms with Crippen molar-refractivity contribution in [1.82, 2.24) is 20.1 Å². The first kappa shape index (κ1) is 24.5. The molecule has 0 bridgehead atoms. The lowest BCUT2D eigenvalue weighted by Crippen LogP contribution is -2.38. The number of hydrogen-bond donors (Lipinski definition) is 2. The highest BCUT2D eigenvalue weighted by Gasteiger charge is 2.45. The Labute approximate surface area is 216 Å². The Balaban J connectivity index is 1.51. The Bertz CT molecular complexity index is 1790. The number of benzene rings is 3. The maximum atomic E-state index is 14.5. The molecule has 8 nitrogen and oxygen atoms in total. The SMILES string of the molecule is CC(F)(F)CN1C(=O)c2[nH]nc(-c3cc(F)cc4[nH]c(=O)oc34)c2C1c1cccc(Oc2ccc(F)cc2)c1. The van der Waals surface area contributed by atoms with E-state index in [0.717, 1.165) is 17.0 Å². The van der Waals surface area contributed by atoms with Crippen LogP contribution in [-0.4, -0.2) is 38.5 Å². The first-order valence-corrected chi connectivity index (χ1v) is 11.7. The normalized spacial score (nSPS) is 15.3. The van der Waals surface area contributed by atoms with Gasteiger partial charge in [-0.15, -0.1) is 0 Å². The number of amides is 1. The summed E-state index contributed by atoms with van der Waals surface area (Å²) in [6.45, 7) is -0.221. The minimum atomic E-state index is -3.24. The molecule has 1 aliphatic heterocycles. The van der Waals surface area contributed by atoms with Gasteiger partial charge in [0.05, 0.1) is 23.7 Å². The Morgan fingerprint density at radius 1 is 1.03 bits per heavy atom. The number of carbonyl (C=O) groups is 1. The molecule has 0 saturated carbocycles. The quantitative estimate of drug-likeness (QED) is 0.267. The average Bonchev–Trinajstić information content (AvgIpc) is 3.53. The molecule has 0 saturated heterocycles. The molecule has 3 heterocycles. The average molecular weight is 538 g/mol. The van der Waals surface area contributed by atoms with E-state index in [0.29, 0.717) is 24.0 Å². The van der Waals surface area contributed by atoms with E-state index in [1.807, 2.05) is 0 Å². The number of halogens is 4. The maximum Gasteiger partial charge on any atom is 0.417 e. The van der Waals surface area contributed by atoms with Gasteiger partial charge in [0, 0.05) is 18.6 Å². The largest absolute Gasteiger partial charge is 0.457 e. The lowest BCUT2D eigenvalue weighted by molar-refractivity contribution is -0.0148. The molecular weight excluding hydrogens is 520 g/mol. The number of aromatic nitrogens is 3. The fourth-order valence-corrected chi connectivity index (χ4v) is 4.80. The van der Waals surface area contributed by atoms with E-state index in [-0.39, 0.29) is 33.6 Å². The fraction of sp³-hybridized carbons (Fsp3) is 0.148. The molecule has 6 rings (SSSR count). The lowest BCUT2D eigenvalue weighted by atomic mass is 9.95. The monoisotopic (exact) mass is 538 g/mol. The van der Waals surface area contributed by atoms with Gasteiger partial charge in [-0.05, 0) is 48.0 Å². The maximum absolute atomic E-state index is 14.5. The Morgan fingerprint density at radius 3 is 2.54 bits per heavy atom. The minimum Gasteiger partial charge on any atom is -0.457 e. The van der Waals surface area contributed by atoms with Crippen LogP contribution in [0.5, 0.6) is 11.5 Å². The standard InChI is InChI=1S/C27H18F4N4O4/c1-27(30,31)12-35-23(13-3-2-4-17(9-13)38-16-7-5-14(28)6-8-16)20-21(33-34-22(20)25(35)36)18-10-15(29)11-19-24(18)39-26(37)32-19/h2-11,23H,12H2,1H3,(H,32,37)(H,33,34). The van der Waals surface area contributed by atoms with E-state index >= 15 is 0 Å². The van der Waals surface area contributed by atoms with Crippen molar-refractivity contribution < 1.29 is 31.5 Å². The number of nitrogens with zero attached hydrogens (tertiary/aromatic N) is 2. The van der Waals surface area contributed by atoms with Crippen molar-refractivity contribution in [2.75, 3.05) is 6.54 Å². The zero-order valence-corrected chi connectivity index (χ0v) is 20.1. The van der Waals surface area contributed by atoms with Crippen LogP contribution in [0.1, 0.15) is 34.6 Å². The molecule has 198 valence electrons. The Kier molecular flexibility index (Phi) is 5.56. The number of alkyl halides is 2. The van der Waals surface area contributed by atoms with Gasteiger partial charge in [-0.2, -0.15) is 5.10 Å². The summed E-state index contributed by atoms with van der Waals surface area (Å²) < 4.78 is 67.4. The van der Waals surface area contributed by atoms with Gasteiger partial charge in [-0.1, -0.05) is 12.1 Å². The number of nitrogens with one attached hydrogen (secondary N) is 2. The number of ether oxygens (including phenoxy) is 1. The highest BCUT2D eigenvalue weighted by Crippen LogP contribution is 2.45. The zero-order chi connectivity index (χ0) is 27.5. The van der Waals surface area contributed by atoms with Crippen LogP contribution >= 0.6 is 0 Å². The van der Waals surface area contributed by atoms with E-state index in [1.165, 1.54) is 24.3 Å². The molecule has 0 spiro atoms. The van der Waals surface area contributed by atoms with Gasteiger partial charge in [0.15, 0.2) is 5.58 Å². The number of fused-ring (bicyclic) bond motifs is 2. The van der Waals surface area contributed by atoms with Crippen LogP contribution < -0.4 is 10.5 Å². The van der Waals surface area contributed by atoms with Crippen molar-refractivity contribution in [2.45, 2.75) is 18.9 Å². The summed E-state index contributed by atoms with van der Waals surface area (Å²) in [5.41, 5.74) is 0.730. The predicted octanol–water partition coefficient (Wildman–Crippen LogP) is 5.78. The number of oxazole rings is 1. The van der Waals surface area contributed by atoms with Crippen molar-refractivity contribution in [3.05, 3.63) is 99.7 Å². The number of rotatable bonds is 6. The molecular formula is C27H18F4N4O4. The van der Waals surface area contributed by atoms with Gasteiger partial charge in [-0.3, -0.25) is 14.9 Å². The second-order valence-electron chi connectivity index (χ2n) is 9.24. The van der Waals surface area contributed by atoms with Crippen molar-refractivity contribution in [2.24, 2.45) is 0 Å². The molecule has 0 aliphatic carbocycles. The molecule has 0 fully saturated rings. The Morgan fingerprint density at radius 2 is 1.79 bits per heavy atom. The lowest BCUT2D eigenvalue weighted by Gasteiger charge is -2.28. The molecule has 1 aliphatic rings. The van der Waals surface area contributed by atoms with Gasteiger partial charge in [0.2, 0.25) is 0 Å². The van der Waals surface area contributed by atoms with Crippen LogP contribution in [-0.2, 0) is 0 Å². The molecule has 3 aromatic carbocycles. The molecule has 2 N–H and O–H groups in total. The zero-order valence-electron chi connectivity index (χ0n) is 20.1. The van der Waals surface area contributed by atoms with Crippen LogP contribution in [0, 0.1) is 11.6 Å². The van der Waals surface area contributed by atoms with Crippen LogP contribution in [0.3, 0.4) is 0 Å². The third-order valence-corrected chi connectivity index (χ3v) is 6.28. The van der Waals surface area contributed by atoms with Crippen LogP contribution in [0.15, 0.2) is 69.9 Å². The van der Waals surface area contributed by atoms with E-state index in [4.69, 9.17) is 9.15 Å². The summed E-state index contributed by atoms with van der Waals surface area (Å²) >= 11 is 0. The van der Waals surface area contributed by atoms with Gasteiger partial charge < -0.3 is 14.1 Å². The summed E-state index contributed by atoms with van der Waals surface area (Å²) in [5.74, 6) is -5.31. The van der Waals surface area contributed by atoms with Crippen LogP contribution in [0.25, 0.3) is 22.4 Å². The summed E-state index contributed by atoms with van der Waals surface area (Å²) in [6, 6.07) is 12.8. The third-order valence-electron chi connectivity index (χ3n) is 6.28. The van der Waals surface area contributed by atoms with Gasteiger partial charge in [0.25, 0.3) is 11.8 Å². The number of H-pyrrole nitrogens is 2. The van der Waals surface area contributed by atoms with E-state index < -0.39 is 41.8 Å². The highest BCUT2D eigenvalue weighted by molar-refractivity contribution is 6.02. The van der Waals surface area contributed by atoms with Gasteiger partial charge >= 0.3 is 5.76 Å². The molecule has 0 radical (unpaired) electrons. The van der Waals surface area contributed by atoms with Gasteiger partial charge in [0.1, 0.15) is 34.5 Å². The summed E-state index contributed by atoms with van der Waals surface area (Å²) in [6.07, 6.45) is 0. The number of hydrogen-bond acceptors (Lipinski definition) is 5. The highest BCUT2D eigenvalue weighted by atomic mass is 19.3.